The van der Waals surface area contributed by atoms with Gasteiger partial charge < -0.3 is 4.74 Å². The van der Waals surface area contributed by atoms with Crippen LogP contribution in [-0.4, -0.2) is 35.8 Å². The summed E-state index contributed by atoms with van der Waals surface area (Å²) in [5.74, 6) is -1.02. The van der Waals surface area contributed by atoms with E-state index in [0.29, 0.717) is 6.61 Å². The van der Waals surface area contributed by atoms with Gasteiger partial charge in [0.15, 0.2) is 0 Å². The highest BCUT2D eigenvalue weighted by Gasteiger charge is 2.35. The summed E-state index contributed by atoms with van der Waals surface area (Å²) >= 11 is 0. The minimum absolute atomic E-state index is 0.0814. The SMILES string of the molecule is CCOC(=O)CCN1C(=O)CC(C)C1=O. The molecular formula is C10H15NO4. The molecule has 2 amide bonds. The molecule has 5 heteroatoms. The van der Waals surface area contributed by atoms with Crippen molar-refractivity contribution in [1.29, 1.82) is 0 Å². The van der Waals surface area contributed by atoms with Crippen LogP contribution in [0.5, 0.6) is 0 Å². The van der Waals surface area contributed by atoms with Gasteiger partial charge in [0, 0.05) is 18.9 Å². The Morgan fingerprint density at radius 1 is 1.53 bits per heavy atom. The summed E-state index contributed by atoms with van der Waals surface area (Å²) in [6.07, 6.45) is 0.333. The van der Waals surface area contributed by atoms with Gasteiger partial charge in [-0.1, -0.05) is 6.92 Å². The maximum atomic E-state index is 11.4. The van der Waals surface area contributed by atoms with Crippen LogP contribution in [0.4, 0.5) is 0 Å². The Balaban J connectivity index is 2.42. The first-order valence-corrected chi connectivity index (χ1v) is 5.06. The van der Waals surface area contributed by atoms with Crippen molar-refractivity contribution in [3.8, 4) is 0 Å². The van der Waals surface area contributed by atoms with Crippen molar-refractivity contribution in [3.05, 3.63) is 0 Å². The molecule has 15 heavy (non-hydrogen) atoms. The third kappa shape index (κ3) is 2.78. The summed E-state index contributed by atoms with van der Waals surface area (Å²) in [5, 5.41) is 0. The zero-order valence-corrected chi connectivity index (χ0v) is 8.99. The lowest BCUT2D eigenvalue weighted by atomic mass is 10.1. The number of esters is 1. The van der Waals surface area contributed by atoms with Crippen molar-refractivity contribution in [2.75, 3.05) is 13.2 Å². The third-order valence-electron chi connectivity index (χ3n) is 2.31. The first-order chi connectivity index (χ1) is 7.06. The largest absolute Gasteiger partial charge is 0.466 e. The summed E-state index contributed by atoms with van der Waals surface area (Å²) < 4.78 is 4.71. The molecule has 0 spiro atoms. The molecule has 0 aromatic carbocycles. The number of likely N-dealkylation sites (tertiary alicyclic amines) is 1. The molecule has 1 aliphatic heterocycles. The van der Waals surface area contributed by atoms with Gasteiger partial charge in [-0.25, -0.2) is 0 Å². The van der Waals surface area contributed by atoms with E-state index < -0.39 is 0 Å². The van der Waals surface area contributed by atoms with Crippen molar-refractivity contribution < 1.29 is 19.1 Å². The zero-order chi connectivity index (χ0) is 11.4. The summed E-state index contributed by atoms with van der Waals surface area (Å²) in [6, 6.07) is 0. The molecule has 0 N–H and O–H groups in total. The highest BCUT2D eigenvalue weighted by molar-refractivity contribution is 6.03. The Labute approximate surface area is 88.4 Å². The van der Waals surface area contributed by atoms with Crippen LogP contribution in [0.25, 0.3) is 0 Å². The number of hydrogen-bond donors (Lipinski definition) is 0. The lowest BCUT2D eigenvalue weighted by Gasteiger charge is -2.13. The smallest absolute Gasteiger partial charge is 0.307 e. The van der Waals surface area contributed by atoms with Crippen LogP contribution in [0.1, 0.15) is 26.7 Å². The van der Waals surface area contributed by atoms with Gasteiger partial charge in [0.1, 0.15) is 0 Å². The monoisotopic (exact) mass is 213 g/mol. The number of amides is 2. The molecule has 0 aliphatic carbocycles. The number of imide groups is 1. The Bertz CT molecular complexity index is 287. The quantitative estimate of drug-likeness (QED) is 0.499. The lowest BCUT2D eigenvalue weighted by Crippen LogP contribution is -2.32. The van der Waals surface area contributed by atoms with Gasteiger partial charge in [-0.15, -0.1) is 0 Å². The van der Waals surface area contributed by atoms with E-state index >= 15 is 0 Å². The second-order valence-corrected chi connectivity index (χ2v) is 3.54. The van der Waals surface area contributed by atoms with Crippen LogP contribution >= 0.6 is 0 Å². The van der Waals surface area contributed by atoms with E-state index in [4.69, 9.17) is 4.74 Å². The number of carbonyl (C=O) groups is 3. The topological polar surface area (TPSA) is 63.7 Å². The van der Waals surface area contributed by atoms with Gasteiger partial charge in [0.05, 0.1) is 13.0 Å². The van der Waals surface area contributed by atoms with Crippen molar-refractivity contribution in [2.45, 2.75) is 26.7 Å². The van der Waals surface area contributed by atoms with Gasteiger partial charge in [-0.05, 0) is 6.92 Å². The minimum atomic E-state index is -0.377. The summed E-state index contributed by atoms with van der Waals surface area (Å²) in [4.78, 5) is 34.9. The van der Waals surface area contributed by atoms with E-state index in [1.165, 1.54) is 0 Å². The van der Waals surface area contributed by atoms with Gasteiger partial charge >= 0.3 is 5.97 Å². The van der Waals surface area contributed by atoms with E-state index in [2.05, 4.69) is 0 Å². The van der Waals surface area contributed by atoms with Crippen LogP contribution in [0, 0.1) is 5.92 Å². The molecule has 0 aromatic rings. The van der Waals surface area contributed by atoms with Gasteiger partial charge in [-0.3, -0.25) is 19.3 Å². The van der Waals surface area contributed by atoms with Gasteiger partial charge in [-0.2, -0.15) is 0 Å². The Kier molecular flexibility index (Phi) is 3.82. The normalized spacial score (nSPS) is 20.9. The second kappa shape index (κ2) is 4.91. The number of nitrogens with zero attached hydrogens (tertiary/aromatic N) is 1. The Morgan fingerprint density at radius 2 is 2.20 bits per heavy atom. The average molecular weight is 213 g/mol. The first-order valence-electron chi connectivity index (χ1n) is 5.06. The first kappa shape index (κ1) is 11.7. The molecule has 1 fully saturated rings. The van der Waals surface area contributed by atoms with E-state index in [1.54, 1.807) is 13.8 Å². The molecule has 1 rings (SSSR count). The standard InChI is InChI=1S/C10H15NO4/c1-3-15-9(13)4-5-11-8(12)6-7(2)10(11)14/h7H,3-6H2,1-2H3. The maximum Gasteiger partial charge on any atom is 0.307 e. The lowest BCUT2D eigenvalue weighted by molar-refractivity contribution is -0.145. The fourth-order valence-electron chi connectivity index (χ4n) is 1.52. The summed E-state index contributed by atoms with van der Waals surface area (Å²) in [7, 11) is 0. The van der Waals surface area contributed by atoms with Gasteiger partial charge in [0.25, 0.3) is 0 Å². The molecule has 84 valence electrons. The predicted molar refractivity (Wildman–Crippen MR) is 51.8 cm³/mol. The van der Waals surface area contributed by atoms with Crippen molar-refractivity contribution in [1.82, 2.24) is 4.90 Å². The average Bonchev–Trinajstić information content (AvgIpc) is 2.40. The molecule has 1 aliphatic rings. The number of rotatable bonds is 4. The molecular weight excluding hydrogens is 198 g/mol. The Hall–Kier alpha value is -1.39. The van der Waals surface area contributed by atoms with Crippen LogP contribution in [0.2, 0.25) is 0 Å². The molecule has 1 saturated heterocycles. The third-order valence-corrected chi connectivity index (χ3v) is 2.31. The van der Waals surface area contributed by atoms with Gasteiger partial charge in [0.2, 0.25) is 11.8 Å². The summed E-state index contributed by atoms with van der Waals surface area (Å²) in [6.45, 7) is 3.88. The van der Waals surface area contributed by atoms with E-state index in [0.717, 1.165) is 4.90 Å². The molecule has 0 radical (unpaired) electrons. The predicted octanol–water partition coefficient (Wildman–Crippen LogP) is 0.335. The maximum absolute atomic E-state index is 11.4. The van der Waals surface area contributed by atoms with Crippen molar-refractivity contribution in [2.24, 2.45) is 5.92 Å². The highest BCUT2D eigenvalue weighted by Crippen LogP contribution is 2.18. The van der Waals surface area contributed by atoms with E-state index in [9.17, 15) is 14.4 Å². The van der Waals surface area contributed by atoms with Crippen LogP contribution in [-0.2, 0) is 19.1 Å². The molecule has 1 atom stereocenters. The Morgan fingerprint density at radius 3 is 2.67 bits per heavy atom. The molecule has 0 aromatic heterocycles. The van der Waals surface area contributed by atoms with Crippen molar-refractivity contribution >= 4 is 17.8 Å². The number of hydrogen-bond acceptors (Lipinski definition) is 4. The van der Waals surface area contributed by atoms with Crippen molar-refractivity contribution in [3.63, 3.8) is 0 Å². The molecule has 0 bridgehead atoms. The number of ether oxygens (including phenoxy) is 1. The molecule has 5 nitrogen and oxygen atoms in total. The van der Waals surface area contributed by atoms with E-state index in [1.807, 2.05) is 0 Å². The minimum Gasteiger partial charge on any atom is -0.466 e. The van der Waals surface area contributed by atoms with Crippen LogP contribution < -0.4 is 0 Å². The molecule has 1 heterocycles. The highest BCUT2D eigenvalue weighted by atomic mass is 16.5. The van der Waals surface area contributed by atoms with Crippen LogP contribution in [0.15, 0.2) is 0 Å². The molecule has 0 saturated carbocycles. The van der Waals surface area contributed by atoms with Crippen LogP contribution in [0.3, 0.4) is 0 Å². The second-order valence-electron chi connectivity index (χ2n) is 3.54. The fourth-order valence-corrected chi connectivity index (χ4v) is 1.52. The number of carbonyl (C=O) groups excluding carboxylic acids is 3. The fraction of sp³-hybridized carbons (Fsp3) is 0.700. The molecule has 1 unspecified atom stereocenters. The zero-order valence-electron chi connectivity index (χ0n) is 8.99. The van der Waals surface area contributed by atoms with E-state index in [-0.39, 0.29) is 43.1 Å². The summed E-state index contributed by atoms with van der Waals surface area (Å²) in [5.41, 5.74) is 0.